The Morgan fingerprint density at radius 2 is 1.92 bits per heavy atom. The molecule has 3 rings (SSSR count). The van der Waals surface area contributed by atoms with E-state index in [4.69, 9.17) is 16.7 Å². The molecular formula is C16H13ClN2O6S. The van der Waals surface area contributed by atoms with Crippen molar-refractivity contribution in [2.24, 2.45) is 0 Å². The van der Waals surface area contributed by atoms with Crippen molar-refractivity contribution in [3.05, 3.63) is 46.1 Å². The third-order valence-corrected chi connectivity index (χ3v) is 5.79. The van der Waals surface area contributed by atoms with Gasteiger partial charge >= 0.3 is 11.9 Å². The first-order valence-corrected chi connectivity index (χ1v) is 8.91. The van der Waals surface area contributed by atoms with E-state index in [1.165, 1.54) is 23.9 Å². The van der Waals surface area contributed by atoms with Crippen molar-refractivity contribution < 1.29 is 29.4 Å². The van der Waals surface area contributed by atoms with Crippen molar-refractivity contribution in [2.75, 3.05) is 5.75 Å². The highest BCUT2D eigenvalue weighted by Crippen LogP contribution is 2.41. The Bertz CT molecular complexity index is 855. The number of aromatic carboxylic acids is 1. The Kier molecular flexibility index (Phi) is 4.92. The highest BCUT2D eigenvalue weighted by atomic mass is 35.5. The molecule has 3 N–H and O–H groups in total. The van der Waals surface area contributed by atoms with Gasteiger partial charge in [-0.1, -0.05) is 29.8 Å². The molecule has 8 nitrogen and oxygen atoms in total. The molecular weight excluding hydrogens is 384 g/mol. The number of carboxylic acids is 2. The fourth-order valence-electron chi connectivity index (χ4n) is 2.86. The standard InChI is InChI=1S/C16H13ClN2O6S/c17-9-6-26-14-11(13(21)19(14)12(9)16(24)25)18-10(20)5-7-3-1-2-4-8(7)15(22)23/h1-4,11,14H,5-6H2,(H,18,20)(H,22,23)(H,24,25). The van der Waals surface area contributed by atoms with Gasteiger partial charge in [-0.05, 0) is 11.6 Å². The van der Waals surface area contributed by atoms with E-state index in [9.17, 15) is 24.3 Å². The van der Waals surface area contributed by atoms with E-state index < -0.39 is 35.2 Å². The summed E-state index contributed by atoms with van der Waals surface area (Å²) in [6.07, 6.45) is -0.202. The van der Waals surface area contributed by atoms with Gasteiger partial charge in [0.25, 0.3) is 5.91 Å². The van der Waals surface area contributed by atoms with E-state index in [1.54, 1.807) is 12.1 Å². The Hall–Kier alpha value is -2.52. The van der Waals surface area contributed by atoms with Gasteiger partial charge in [-0.25, -0.2) is 9.59 Å². The molecule has 1 saturated heterocycles. The van der Waals surface area contributed by atoms with Crippen LogP contribution in [-0.2, 0) is 20.8 Å². The maximum atomic E-state index is 12.3. The first-order chi connectivity index (χ1) is 12.3. The predicted octanol–water partition coefficient (Wildman–Crippen LogP) is 0.862. The molecule has 26 heavy (non-hydrogen) atoms. The lowest BCUT2D eigenvalue weighted by molar-refractivity contribution is -0.150. The monoisotopic (exact) mass is 396 g/mol. The first kappa shape index (κ1) is 18.3. The number of amides is 2. The van der Waals surface area contributed by atoms with Crippen molar-refractivity contribution in [1.82, 2.24) is 10.2 Å². The van der Waals surface area contributed by atoms with Gasteiger partial charge in [0.15, 0.2) is 0 Å². The number of fused-ring (bicyclic) bond motifs is 1. The third kappa shape index (κ3) is 3.15. The number of carbonyl (C=O) groups excluding carboxylic acids is 2. The Balaban J connectivity index is 1.70. The normalized spacial score (nSPS) is 21.7. The van der Waals surface area contributed by atoms with Crippen molar-refractivity contribution >= 4 is 47.1 Å². The van der Waals surface area contributed by atoms with E-state index in [2.05, 4.69) is 5.32 Å². The predicted molar refractivity (Wildman–Crippen MR) is 92.6 cm³/mol. The summed E-state index contributed by atoms with van der Waals surface area (Å²) in [5.41, 5.74) is 0.0767. The summed E-state index contributed by atoms with van der Waals surface area (Å²) in [7, 11) is 0. The quantitative estimate of drug-likeness (QED) is 0.630. The molecule has 2 aliphatic rings. The number of hydrogen-bond donors (Lipinski definition) is 3. The van der Waals surface area contributed by atoms with E-state index >= 15 is 0 Å². The van der Waals surface area contributed by atoms with Crippen LogP contribution in [0.25, 0.3) is 0 Å². The SMILES string of the molecule is O=C(Cc1ccccc1C(=O)O)NC1C(=O)N2C(C(=O)O)=C(Cl)CSC12. The second-order valence-electron chi connectivity index (χ2n) is 5.65. The van der Waals surface area contributed by atoms with Crippen molar-refractivity contribution in [3.8, 4) is 0 Å². The summed E-state index contributed by atoms with van der Waals surface area (Å²) >= 11 is 7.14. The Morgan fingerprint density at radius 1 is 1.23 bits per heavy atom. The van der Waals surface area contributed by atoms with Gasteiger partial charge in [0.1, 0.15) is 17.1 Å². The van der Waals surface area contributed by atoms with Gasteiger partial charge in [0, 0.05) is 5.75 Å². The van der Waals surface area contributed by atoms with Gasteiger partial charge in [0.2, 0.25) is 5.91 Å². The molecule has 0 aromatic heterocycles. The summed E-state index contributed by atoms with van der Waals surface area (Å²) in [5.74, 6) is -3.29. The van der Waals surface area contributed by atoms with Gasteiger partial charge in [0.05, 0.1) is 17.0 Å². The molecule has 0 saturated carbocycles. The summed E-state index contributed by atoms with van der Waals surface area (Å²) in [4.78, 5) is 48.1. The number of halogens is 1. The van der Waals surface area contributed by atoms with Crippen LogP contribution in [0.15, 0.2) is 35.0 Å². The lowest BCUT2D eigenvalue weighted by Gasteiger charge is -2.48. The lowest BCUT2D eigenvalue weighted by atomic mass is 10.0. The maximum absolute atomic E-state index is 12.3. The molecule has 2 amide bonds. The molecule has 1 aromatic carbocycles. The lowest BCUT2D eigenvalue weighted by Crippen LogP contribution is -2.70. The van der Waals surface area contributed by atoms with E-state index in [-0.39, 0.29) is 28.5 Å². The number of rotatable bonds is 5. The van der Waals surface area contributed by atoms with Crippen LogP contribution >= 0.6 is 23.4 Å². The fraction of sp³-hybridized carbons (Fsp3) is 0.250. The molecule has 2 heterocycles. The van der Waals surface area contributed by atoms with Gasteiger partial charge < -0.3 is 15.5 Å². The van der Waals surface area contributed by atoms with Gasteiger partial charge in [-0.3, -0.25) is 14.5 Å². The summed E-state index contributed by atoms with van der Waals surface area (Å²) < 4.78 is 0. The molecule has 1 aromatic rings. The Labute approximate surface area is 156 Å². The Morgan fingerprint density at radius 3 is 2.58 bits per heavy atom. The first-order valence-electron chi connectivity index (χ1n) is 7.48. The average Bonchev–Trinajstić information content (AvgIpc) is 2.59. The zero-order chi connectivity index (χ0) is 19.0. The molecule has 0 radical (unpaired) electrons. The summed E-state index contributed by atoms with van der Waals surface area (Å²) in [6, 6.07) is 5.22. The largest absolute Gasteiger partial charge is 0.478 e. The summed E-state index contributed by atoms with van der Waals surface area (Å²) in [5, 5.41) is 20.4. The second kappa shape index (κ2) is 7.00. The minimum atomic E-state index is -1.30. The van der Waals surface area contributed by atoms with Crippen LogP contribution in [-0.4, -0.2) is 56.0 Å². The number of benzene rings is 1. The van der Waals surface area contributed by atoms with Crippen LogP contribution in [0, 0.1) is 0 Å². The molecule has 10 heteroatoms. The molecule has 0 spiro atoms. The summed E-state index contributed by atoms with van der Waals surface area (Å²) in [6.45, 7) is 0. The van der Waals surface area contributed by atoms with Crippen LogP contribution < -0.4 is 5.32 Å². The van der Waals surface area contributed by atoms with Crippen LogP contribution in [0.1, 0.15) is 15.9 Å². The maximum Gasteiger partial charge on any atom is 0.353 e. The molecule has 1 fully saturated rings. The van der Waals surface area contributed by atoms with Crippen molar-refractivity contribution in [2.45, 2.75) is 17.8 Å². The fourth-order valence-corrected chi connectivity index (χ4v) is 4.41. The van der Waals surface area contributed by atoms with Crippen LogP contribution in [0.4, 0.5) is 0 Å². The second-order valence-corrected chi connectivity index (χ2v) is 7.21. The van der Waals surface area contributed by atoms with Gasteiger partial charge in [-0.15, -0.1) is 11.8 Å². The number of thioether (sulfide) groups is 1. The molecule has 136 valence electrons. The van der Waals surface area contributed by atoms with Gasteiger partial charge in [-0.2, -0.15) is 0 Å². The van der Waals surface area contributed by atoms with E-state index in [0.29, 0.717) is 5.56 Å². The molecule has 2 atom stereocenters. The number of aliphatic carboxylic acids is 1. The van der Waals surface area contributed by atoms with Crippen LogP contribution in [0.2, 0.25) is 0 Å². The number of nitrogens with one attached hydrogen (secondary N) is 1. The molecule has 2 aliphatic heterocycles. The number of β-lactam (4-membered cyclic amide) rings is 1. The zero-order valence-electron chi connectivity index (χ0n) is 13.1. The number of carboxylic acid groups (broad SMARTS) is 2. The third-order valence-electron chi connectivity index (χ3n) is 4.04. The number of carbonyl (C=O) groups is 4. The molecule has 0 bridgehead atoms. The number of nitrogens with zero attached hydrogens (tertiary/aromatic N) is 1. The van der Waals surface area contributed by atoms with Crippen molar-refractivity contribution in [1.29, 1.82) is 0 Å². The highest BCUT2D eigenvalue weighted by molar-refractivity contribution is 8.00. The minimum Gasteiger partial charge on any atom is -0.478 e. The zero-order valence-corrected chi connectivity index (χ0v) is 14.7. The van der Waals surface area contributed by atoms with Crippen LogP contribution in [0.5, 0.6) is 0 Å². The highest BCUT2D eigenvalue weighted by Gasteiger charge is 2.54. The topological polar surface area (TPSA) is 124 Å². The van der Waals surface area contributed by atoms with Crippen molar-refractivity contribution in [3.63, 3.8) is 0 Å². The minimum absolute atomic E-state index is 0.0131. The number of hydrogen-bond acceptors (Lipinski definition) is 5. The molecule has 2 unspecified atom stereocenters. The molecule has 0 aliphatic carbocycles. The van der Waals surface area contributed by atoms with E-state index in [0.717, 1.165) is 4.90 Å². The smallest absolute Gasteiger partial charge is 0.353 e. The van der Waals surface area contributed by atoms with Crippen LogP contribution in [0.3, 0.4) is 0 Å². The average molecular weight is 397 g/mol. The van der Waals surface area contributed by atoms with E-state index in [1.807, 2.05) is 0 Å².